The van der Waals surface area contributed by atoms with Gasteiger partial charge in [-0.15, -0.1) is 11.3 Å². The summed E-state index contributed by atoms with van der Waals surface area (Å²) in [7, 11) is 0. The summed E-state index contributed by atoms with van der Waals surface area (Å²) in [6.07, 6.45) is 1.94. The molecule has 0 aliphatic heterocycles. The maximum atomic E-state index is 4.56. The van der Waals surface area contributed by atoms with Gasteiger partial charge in [0, 0.05) is 23.9 Å². The molecule has 0 aromatic carbocycles. The van der Waals surface area contributed by atoms with Crippen LogP contribution in [0, 0.1) is 6.92 Å². The van der Waals surface area contributed by atoms with Crippen LogP contribution in [0.3, 0.4) is 0 Å². The van der Waals surface area contributed by atoms with Crippen LogP contribution in [-0.4, -0.2) is 21.5 Å². The average Bonchev–Trinajstić information content (AvgIpc) is 2.83. The van der Waals surface area contributed by atoms with E-state index >= 15 is 0 Å². The lowest BCUT2D eigenvalue weighted by atomic mass is 10.3. The minimum absolute atomic E-state index is 0.755. The monoisotopic (exact) mass is 291 g/mol. The topological polar surface area (TPSA) is 62.7 Å². The highest BCUT2D eigenvalue weighted by atomic mass is 32.1. The second-order valence-electron chi connectivity index (χ2n) is 4.55. The molecular formula is C14H21N5S. The molecule has 6 heteroatoms. The fraction of sp³-hybridized carbons (Fsp3) is 0.500. The summed E-state index contributed by atoms with van der Waals surface area (Å²) < 4.78 is 0. The fourth-order valence-electron chi connectivity index (χ4n) is 1.86. The van der Waals surface area contributed by atoms with E-state index in [1.807, 2.05) is 18.5 Å². The van der Waals surface area contributed by atoms with Crippen molar-refractivity contribution in [1.82, 2.24) is 15.0 Å². The SMILES string of the molecule is CCCc1nc(NCC)cc(NCc2scnc2C)n1. The number of aromatic nitrogens is 3. The fourth-order valence-corrected chi connectivity index (χ4v) is 2.58. The number of aryl methyl sites for hydroxylation is 2. The Morgan fingerprint density at radius 3 is 2.50 bits per heavy atom. The van der Waals surface area contributed by atoms with E-state index in [-0.39, 0.29) is 0 Å². The number of nitrogens with zero attached hydrogens (tertiary/aromatic N) is 3. The predicted octanol–water partition coefficient (Wildman–Crippen LogP) is 3.24. The van der Waals surface area contributed by atoms with E-state index in [0.29, 0.717) is 0 Å². The lowest BCUT2D eigenvalue weighted by molar-refractivity contribution is 0.834. The highest BCUT2D eigenvalue weighted by molar-refractivity contribution is 7.09. The molecule has 2 rings (SSSR count). The normalized spacial score (nSPS) is 10.6. The second-order valence-corrected chi connectivity index (χ2v) is 5.49. The van der Waals surface area contributed by atoms with E-state index < -0.39 is 0 Å². The van der Waals surface area contributed by atoms with Gasteiger partial charge in [-0.05, 0) is 20.3 Å². The highest BCUT2D eigenvalue weighted by Crippen LogP contribution is 2.16. The zero-order valence-electron chi connectivity index (χ0n) is 12.2. The van der Waals surface area contributed by atoms with Crippen molar-refractivity contribution in [3.8, 4) is 0 Å². The summed E-state index contributed by atoms with van der Waals surface area (Å²) in [5.41, 5.74) is 2.95. The predicted molar refractivity (Wildman–Crippen MR) is 84.4 cm³/mol. The van der Waals surface area contributed by atoms with Crippen LogP contribution in [-0.2, 0) is 13.0 Å². The number of hydrogen-bond donors (Lipinski definition) is 2. The maximum absolute atomic E-state index is 4.56. The molecule has 0 spiro atoms. The van der Waals surface area contributed by atoms with Crippen molar-refractivity contribution in [1.29, 1.82) is 0 Å². The van der Waals surface area contributed by atoms with Gasteiger partial charge in [0.2, 0.25) is 0 Å². The molecule has 2 N–H and O–H groups in total. The van der Waals surface area contributed by atoms with Gasteiger partial charge in [-0.3, -0.25) is 0 Å². The molecule has 0 fully saturated rings. The number of thiazole rings is 1. The molecule has 0 radical (unpaired) electrons. The van der Waals surface area contributed by atoms with Crippen LogP contribution in [0.2, 0.25) is 0 Å². The van der Waals surface area contributed by atoms with Gasteiger partial charge in [0.05, 0.1) is 17.7 Å². The molecule has 0 amide bonds. The van der Waals surface area contributed by atoms with Crippen LogP contribution in [0.1, 0.15) is 36.7 Å². The van der Waals surface area contributed by atoms with Crippen molar-refractivity contribution in [2.75, 3.05) is 17.2 Å². The summed E-state index contributed by atoms with van der Waals surface area (Å²) in [6, 6.07) is 1.96. The quantitative estimate of drug-likeness (QED) is 0.820. The highest BCUT2D eigenvalue weighted by Gasteiger charge is 2.06. The first-order valence-electron chi connectivity index (χ1n) is 6.97. The Kier molecular flexibility index (Phi) is 5.29. The third kappa shape index (κ3) is 3.90. The second kappa shape index (κ2) is 7.19. The number of anilines is 2. The van der Waals surface area contributed by atoms with Gasteiger partial charge in [-0.2, -0.15) is 0 Å². The molecular weight excluding hydrogens is 270 g/mol. The molecule has 0 unspecified atom stereocenters. The molecule has 108 valence electrons. The Hall–Kier alpha value is -1.69. The van der Waals surface area contributed by atoms with Crippen molar-refractivity contribution in [2.24, 2.45) is 0 Å². The first-order chi connectivity index (χ1) is 9.72. The Balaban J connectivity index is 2.11. The Bertz CT molecular complexity index is 528. The van der Waals surface area contributed by atoms with E-state index in [2.05, 4.69) is 39.4 Å². The number of hydrogen-bond acceptors (Lipinski definition) is 6. The lowest BCUT2D eigenvalue weighted by Gasteiger charge is -2.10. The maximum Gasteiger partial charge on any atom is 0.133 e. The first-order valence-corrected chi connectivity index (χ1v) is 7.85. The molecule has 5 nitrogen and oxygen atoms in total. The molecule has 20 heavy (non-hydrogen) atoms. The summed E-state index contributed by atoms with van der Waals surface area (Å²) >= 11 is 1.67. The van der Waals surface area contributed by atoms with E-state index in [0.717, 1.165) is 49.1 Å². The lowest BCUT2D eigenvalue weighted by Crippen LogP contribution is -2.08. The summed E-state index contributed by atoms with van der Waals surface area (Å²) in [4.78, 5) is 14.6. The van der Waals surface area contributed by atoms with E-state index in [9.17, 15) is 0 Å². The minimum atomic E-state index is 0.755. The van der Waals surface area contributed by atoms with Gasteiger partial charge in [0.1, 0.15) is 17.5 Å². The summed E-state index contributed by atoms with van der Waals surface area (Å²) in [5.74, 6) is 2.64. The first kappa shape index (κ1) is 14.7. The van der Waals surface area contributed by atoms with Crippen LogP contribution < -0.4 is 10.6 Å². The third-order valence-corrected chi connectivity index (χ3v) is 3.81. The van der Waals surface area contributed by atoms with Crippen molar-refractivity contribution >= 4 is 23.0 Å². The molecule has 0 aliphatic carbocycles. The van der Waals surface area contributed by atoms with Gasteiger partial charge >= 0.3 is 0 Å². The van der Waals surface area contributed by atoms with Crippen LogP contribution in [0.5, 0.6) is 0 Å². The van der Waals surface area contributed by atoms with Crippen LogP contribution >= 0.6 is 11.3 Å². The van der Waals surface area contributed by atoms with Crippen LogP contribution in [0.4, 0.5) is 11.6 Å². The standard InChI is InChI=1S/C14H21N5S/c1-4-6-12-18-13(15-5-2)7-14(19-12)16-8-11-10(3)17-9-20-11/h7,9H,4-6,8H2,1-3H3,(H2,15,16,18,19). The van der Waals surface area contributed by atoms with Crippen molar-refractivity contribution in [3.05, 3.63) is 28.0 Å². The van der Waals surface area contributed by atoms with Gasteiger partial charge in [0.15, 0.2) is 0 Å². The molecule has 2 heterocycles. The largest absolute Gasteiger partial charge is 0.370 e. The van der Waals surface area contributed by atoms with Crippen LogP contribution in [0.15, 0.2) is 11.6 Å². The molecule has 0 atom stereocenters. The zero-order chi connectivity index (χ0) is 14.4. The Morgan fingerprint density at radius 2 is 1.90 bits per heavy atom. The third-order valence-electron chi connectivity index (χ3n) is 2.88. The van der Waals surface area contributed by atoms with Gasteiger partial charge in [-0.25, -0.2) is 15.0 Å². The van der Waals surface area contributed by atoms with Crippen LogP contribution in [0.25, 0.3) is 0 Å². The van der Waals surface area contributed by atoms with Crippen molar-refractivity contribution < 1.29 is 0 Å². The molecule has 0 aliphatic rings. The van der Waals surface area contributed by atoms with Crippen molar-refractivity contribution in [3.63, 3.8) is 0 Å². The van der Waals surface area contributed by atoms with E-state index in [1.54, 1.807) is 11.3 Å². The van der Waals surface area contributed by atoms with Crippen molar-refractivity contribution in [2.45, 2.75) is 40.2 Å². The minimum Gasteiger partial charge on any atom is -0.370 e. The molecule has 0 bridgehead atoms. The van der Waals surface area contributed by atoms with Gasteiger partial charge in [-0.1, -0.05) is 6.92 Å². The molecule has 0 saturated heterocycles. The Labute approximate surface area is 123 Å². The summed E-state index contributed by atoms with van der Waals surface area (Å²) in [5, 5.41) is 6.62. The average molecular weight is 291 g/mol. The summed E-state index contributed by atoms with van der Waals surface area (Å²) in [6.45, 7) is 7.84. The van der Waals surface area contributed by atoms with E-state index in [1.165, 1.54) is 4.88 Å². The molecule has 0 saturated carbocycles. The van der Waals surface area contributed by atoms with Gasteiger partial charge in [0.25, 0.3) is 0 Å². The molecule has 2 aromatic heterocycles. The number of nitrogens with one attached hydrogen (secondary N) is 2. The zero-order valence-corrected chi connectivity index (χ0v) is 13.0. The molecule has 2 aromatic rings. The van der Waals surface area contributed by atoms with E-state index in [4.69, 9.17) is 0 Å². The van der Waals surface area contributed by atoms with Gasteiger partial charge < -0.3 is 10.6 Å². The number of rotatable bonds is 7. The Morgan fingerprint density at radius 1 is 1.15 bits per heavy atom. The smallest absolute Gasteiger partial charge is 0.133 e.